The molecule has 0 aliphatic heterocycles. The van der Waals surface area contributed by atoms with E-state index in [1.807, 2.05) is 0 Å². The minimum absolute atomic E-state index is 0.124. The maximum Gasteiger partial charge on any atom is 0.258 e. The van der Waals surface area contributed by atoms with E-state index in [-0.39, 0.29) is 6.61 Å². The quantitative estimate of drug-likeness (QED) is 0.476. The largest absolute Gasteiger partial charge is 0.487 e. The second-order valence-electron chi connectivity index (χ2n) is 3.08. The molecule has 0 N–H and O–H groups in total. The summed E-state index contributed by atoms with van der Waals surface area (Å²) in [6, 6.07) is 0. The van der Waals surface area contributed by atoms with Crippen LogP contribution in [0.1, 0.15) is 23.7 Å². The van der Waals surface area contributed by atoms with Crippen molar-refractivity contribution in [1.82, 2.24) is 0 Å². The van der Waals surface area contributed by atoms with Crippen LogP contribution in [0.25, 0.3) is 0 Å². The molecule has 0 fully saturated rings. The fraction of sp³-hybridized carbons (Fsp3) is 0.300. The molecule has 0 aromatic heterocycles. The highest BCUT2D eigenvalue weighted by atomic mass is 35.5. The lowest BCUT2D eigenvalue weighted by Crippen LogP contribution is -2.10. The third kappa shape index (κ3) is 2.52. The fourth-order valence-corrected chi connectivity index (χ4v) is 1.28. The van der Waals surface area contributed by atoms with Gasteiger partial charge in [-0.1, -0.05) is 6.92 Å². The summed E-state index contributed by atoms with van der Waals surface area (Å²) < 4.78 is 57.5. The number of carbonyl (C=O) groups is 1. The third-order valence-corrected chi connectivity index (χ3v) is 2.06. The van der Waals surface area contributed by atoms with Crippen molar-refractivity contribution >= 4 is 16.8 Å². The molecule has 7 heteroatoms. The lowest BCUT2D eigenvalue weighted by molar-refractivity contribution is 0.107. The minimum atomic E-state index is -1.87. The Hall–Kier alpha value is -1.30. The van der Waals surface area contributed by atoms with E-state index in [1.165, 1.54) is 0 Å². The van der Waals surface area contributed by atoms with E-state index in [2.05, 4.69) is 4.74 Å². The first kappa shape index (κ1) is 13.8. The molecule has 1 aromatic carbocycles. The van der Waals surface area contributed by atoms with E-state index in [4.69, 9.17) is 11.6 Å². The summed E-state index contributed by atoms with van der Waals surface area (Å²) in [5, 5.41) is -1.63. The van der Waals surface area contributed by atoms with Crippen molar-refractivity contribution in [3.8, 4) is 5.75 Å². The molecule has 0 atom stereocenters. The van der Waals surface area contributed by atoms with Crippen molar-refractivity contribution in [2.75, 3.05) is 6.61 Å². The van der Waals surface area contributed by atoms with Crippen molar-refractivity contribution in [3.05, 3.63) is 28.8 Å². The molecule has 17 heavy (non-hydrogen) atoms. The van der Waals surface area contributed by atoms with Gasteiger partial charge in [0.15, 0.2) is 17.4 Å². The molecule has 2 nitrogen and oxygen atoms in total. The second-order valence-corrected chi connectivity index (χ2v) is 3.43. The molecule has 1 aromatic rings. The van der Waals surface area contributed by atoms with Gasteiger partial charge in [0.05, 0.1) is 6.61 Å². The van der Waals surface area contributed by atoms with E-state index in [1.54, 1.807) is 6.92 Å². The number of rotatable bonds is 4. The number of ether oxygens (including phenoxy) is 1. The van der Waals surface area contributed by atoms with Crippen molar-refractivity contribution in [2.45, 2.75) is 13.3 Å². The van der Waals surface area contributed by atoms with E-state index in [0.717, 1.165) is 0 Å². The summed E-state index contributed by atoms with van der Waals surface area (Å²) in [4.78, 5) is 10.6. The van der Waals surface area contributed by atoms with Crippen LogP contribution < -0.4 is 4.74 Å². The van der Waals surface area contributed by atoms with Crippen LogP contribution in [0.3, 0.4) is 0 Å². The summed E-state index contributed by atoms with van der Waals surface area (Å²) in [6.07, 6.45) is 0.387. The fourth-order valence-electron chi connectivity index (χ4n) is 1.11. The smallest absolute Gasteiger partial charge is 0.258 e. The van der Waals surface area contributed by atoms with Crippen LogP contribution >= 0.6 is 11.6 Å². The van der Waals surface area contributed by atoms with E-state index in [0.29, 0.717) is 6.42 Å². The summed E-state index contributed by atoms with van der Waals surface area (Å²) >= 11 is 4.82. The summed E-state index contributed by atoms with van der Waals surface area (Å²) in [6.45, 7) is 1.51. The van der Waals surface area contributed by atoms with Gasteiger partial charge in [-0.25, -0.2) is 8.78 Å². The summed E-state index contributed by atoms with van der Waals surface area (Å²) in [7, 11) is 0. The zero-order chi connectivity index (χ0) is 13.2. The lowest BCUT2D eigenvalue weighted by Gasteiger charge is -2.10. The Morgan fingerprint density at radius 2 is 1.59 bits per heavy atom. The highest BCUT2D eigenvalue weighted by Gasteiger charge is 2.29. The highest BCUT2D eigenvalue weighted by molar-refractivity contribution is 6.67. The van der Waals surface area contributed by atoms with Crippen molar-refractivity contribution in [2.24, 2.45) is 0 Å². The van der Waals surface area contributed by atoms with Gasteiger partial charge in [-0.15, -0.1) is 0 Å². The van der Waals surface area contributed by atoms with Gasteiger partial charge in [-0.3, -0.25) is 4.79 Å². The van der Waals surface area contributed by atoms with Gasteiger partial charge in [0.1, 0.15) is 5.56 Å². The maximum atomic E-state index is 13.3. The molecule has 0 amide bonds. The average molecular weight is 271 g/mol. The molecule has 0 bridgehead atoms. The third-order valence-electron chi connectivity index (χ3n) is 1.87. The first-order chi connectivity index (χ1) is 7.91. The molecule has 0 unspecified atom stereocenters. The molecule has 0 aliphatic carbocycles. The normalized spacial score (nSPS) is 10.5. The summed E-state index contributed by atoms with van der Waals surface area (Å²) in [5.41, 5.74) is -1.47. The van der Waals surface area contributed by atoms with Gasteiger partial charge >= 0.3 is 0 Å². The van der Waals surface area contributed by atoms with Crippen LogP contribution in [0.15, 0.2) is 0 Å². The Morgan fingerprint density at radius 1 is 1.12 bits per heavy atom. The van der Waals surface area contributed by atoms with Crippen LogP contribution in [0.5, 0.6) is 5.75 Å². The maximum absolute atomic E-state index is 13.3. The Bertz CT molecular complexity index is 433. The first-order valence-corrected chi connectivity index (χ1v) is 4.98. The molecule has 0 aliphatic rings. The number of hydrogen-bond acceptors (Lipinski definition) is 2. The van der Waals surface area contributed by atoms with E-state index >= 15 is 0 Å². The molecule has 0 spiro atoms. The van der Waals surface area contributed by atoms with Crippen molar-refractivity contribution in [3.63, 3.8) is 0 Å². The standard InChI is InChI=1S/C10H7ClF4O2/c1-2-3-17-9-7(14)5(12)4(10(11)16)6(13)8(9)15/h2-3H2,1H3. The molecule has 0 heterocycles. The van der Waals surface area contributed by atoms with Crippen LogP contribution in [-0.4, -0.2) is 11.8 Å². The van der Waals surface area contributed by atoms with Gasteiger partial charge in [-0.2, -0.15) is 8.78 Å². The Kier molecular flexibility index (Phi) is 4.34. The predicted molar refractivity (Wildman–Crippen MR) is 52.2 cm³/mol. The molecule has 0 saturated carbocycles. The topological polar surface area (TPSA) is 26.3 Å². The molecule has 94 valence electrons. The number of halogens is 5. The zero-order valence-electron chi connectivity index (χ0n) is 8.62. The van der Waals surface area contributed by atoms with Gasteiger partial charge in [0.2, 0.25) is 11.6 Å². The minimum Gasteiger partial charge on any atom is -0.487 e. The van der Waals surface area contributed by atoms with Crippen LogP contribution in [0.4, 0.5) is 17.6 Å². The SMILES string of the molecule is CCCOc1c(F)c(F)c(C(=O)Cl)c(F)c1F. The molecule has 0 saturated heterocycles. The van der Waals surface area contributed by atoms with Crippen LogP contribution in [-0.2, 0) is 0 Å². The van der Waals surface area contributed by atoms with Gasteiger partial charge in [0.25, 0.3) is 5.24 Å². The van der Waals surface area contributed by atoms with Gasteiger partial charge < -0.3 is 4.74 Å². The van der Waals surface area contributed by atoms with Gasteiger partial charge in [-0.05, 0) is 18.0 Å². The lowest BCUT2D eigenvalue weighted by atomic mass is 10.2. The Morgan fingerprint density at radius 3 is 1.94 bits per heavy atom. The van der Waals surface area contributed by atoms with Crippen LogP contribution in [0, 0.1) is 23.3 Å². The second kappa shape index (κ2) is 5.35. The van der Waals surface area contributed by atoms with Gasteiger partial charge in [0, 0.05) is 0 Å². The van der Waals surface area contributed by atoms with Crippen molar-refractivity contribution in [1.29, 1.82) is 0 Å². The van der Waals surface area contributed by atoms with Crippen LogP contribution in [0.2, 0.25) is 0 Å². The first-order valence-electron chi connectivity index (χ1n) is 4.60. The number of benzene rings is 1. The Balaban J connectivity index is 3.41. The average Bonchev–Trinajstić information content (AvgIpc) is 2.26. The molecular formula is C10H7ClF4O2. The highest BCUT2D eigenvalue weighted by Crippen LogP contribution is 2.30. The molecule has 0 radical (unpaired) electrons. The van der Waals surface area contributed by atoms with E-state index < -0.39 is 39.8 Å². The number of carbonyl (C=O) groups excluding carboxylic acids is 1. The monoisotopic (exact) mass is 270 g/mol. The zero-order valence-corrected chi connectivity index (χ0v) is 9.38. The predicted octanol–water partition coefficient (Wildman–Crippen LogP) is 3.41. The molecular weight excluding hydrogens is 264 g/mol. The Labute approximate surface area is 99.1 Å². The number of hydrogen-bond donors (Lipinski definition) is 0. The van der Waals surface area contributed by atoms with Crippen molar-refractivity contribution < 1.29 is 27.1 Å². The summed E-state index contributed by atoms with van der Waals surface area (Å²) in [5.74, 6) is -8.48. The molecule has 1 rings (SSSR count). The van der Waals surface area contributed by atoms with E-state index in [9.17, 15) is 22.4 Å².